The van der Waals surface area contributed by atoms with Crippen molar-refractivity contribution >= 4 is 29.8 Å². The monoisotopic (exact) mass is 578 g/mol. The van der Waals surface area contributed by atoms with Gasteiger partial charge in [0.05, 0.1) is 17.1 Å². The maximum atomic E-state index is 13.2. The molecule has 1 saturated carbocycles. The van der Waals surface area contributed by atoms with Gasteiger partial charge in [-0.2, -0.15) is 0 Å². The normalized spacial score (nSPS) is 47.0. The fourth-order valence-corrected chi connectivity index (χ4v) is 7.63. The second kappa shape index (κ2) is 9.52. The summed E-state index contributed by atoms with van der Waals surface area (Å²) in [7, 11) is 0. The van der Waals surface area contributed by atoms with E-state index in [0.717, 1.165) is 0 Å². The maximum absolute atomic E-state index is 13.2. The zero-order valence-electron chi connectivity index (χ0n) is 24.6. The van der Waals surface area contributed by atoms with Gasteiger partial charge < -0.3 is 33.2 Å². The van der Waals surface area contributed by atoms with Gasteiger partial charge in [-0.1, -0.05) is 13.8 Å². The third-order valence-corrected chi connectivity index (χ3v) is 9.75. The standard InChI is InChI=1S/C29H38O12/c1-9-22(33)38-18-11-17(35-14(3)30)13(2)10-21-29(28(8,41-29)25(34)39-21)24(37-16(5)32)23-26(18,6)19(36-15(4)31)12-20-27(23,7)40-20/h10,17-21,23-24H,9,11-12H2,1-8H3/b13-10-/t17?,18-,19-,20-,21-,23+,24?,26-,27-,28-,29+/m0/s1. The molecule has 0 radical (unpaired) electrons. The van der Waals surface area contributed by atoms with Crippen LogP contribution in [0.25, 0.3) is 0 Å². The molecule has 3 saturated heterocycles. The lowest BCUT2D eigenvalue weighted by atomic mass is 9.53. The fraction of sp³-hybridized carbons (Fsp3) is 0.759. The van der Waals surface area contributed by atoms with Crippen LogP contribution in [0.3, 0.4) is 0 Å². The van der Waals surface area contributed by atoms with Gasteiger partial charge in [0.25, 0.3) is 0 Å². The van der Waals surface area contributed by atoms with Crippen LogP contribution < -0.4 is 0 Å². The summed E-state index contributed by atoms with van der Waals surface area (Å²) in [5, 5.41) is 0. The highest BCUT2D eigenvalue weighted by Crippen LogP contribution is 2.69. The zero-order valence-corrected chi connectivity index (χ0v) is 24.6. The molecule has 5 rings (SSSR count). The molecule has 11 atom stereocenters. The van der Waals surface area contributed by atoms with Gasteiger partial charge in [0.2, 0.25) is 0 Å². The smallest absolute Gasteiger partial charge is 0.342 e. The Morgan fingerprint density at radius 2 is 1.54 bits per heavy atom. The lowest BCUT2D eigenvalue weighted by Crippen LogP contribution is -2.66. The van der Waals surface area contributed by atoms with Gasteiger partial charge in [-0.15, -0.1) is 0 Å². The number of hydrogen-bond acceptors (Lipinski definition) is 12. The first-order chi connectivity index (χ1) is 19.0. The SMILES string of the molecule is CCC(=O)O[C@H]1CC(OC(C)=O)/C(C)=C\[C@@H]2OC(=O)[C@]3(C)O[C@@]23C(OC(C)=O)[C@H]2[C@@]3(C)O[C@H]3C[C@H](OC(C)=O)[C@]12C. The Morgan fingerprint density at radius 1 is 0.927 bits per heavy atom. The number of carbonyl (C=O) groups excluding carboxylic acids is 5. The average molecular weight is 579 g/mol. The van der Waals surface area contributed by atoms with E-state index in [-0.39, 0.29) is 25.4 Å². The second-order valence-electron chi connectivity index (χ2n) is 12.3. The number of ether oxygens (including phenoxy) is 7. The molecule has 0 bridgehead atoms. The molecular weight excluding hydrogens is 540 g/mol. The van der Waals surface area contributed by atoms with Crippen LogP contribution in [0.5, 0.6) is 0 Å². The van der Waals surface area contributed by atoms with Crippen LogP contribution in [0.4, 0.5) is 0 Å². The van der Waals surface area contributed by atoms with Gasteiger partial charge in [0.15, 0.2) is 17.3 Å². The molecule has 5 aliphatic rings. The Labute approximate surface area is 238 Å². The third kappa shape index (κ3) is 4.28. The number of hydrogen-bond donors (Lipinski definition) is 0. The molecule has 4 fully saturated rings. The van der Waals surface area contributed by atoms with Gasteiger partial charge >= 0.3 is 29.8 Å². The van der Waals surface area contributed by atoms with Crippen molar-refractivity contribution in [1.82, 2.24) is 0 Å². The van der Waals surface area contributed by atoms with Crippen molar-refractivity contribution in [3.63, 3.8) is 0 Å². The summed E-state index contributed by atoms with van der Waals surface area (Å²) in [4.78, 5) is 63.5. The van der Waals surface area contributed by atoms with E-state index >= 15 is 0 Å². The van der Waals surface area contributed by atoms with Crippen molar-refractivity contribution in [3.05, 3.63) is 11.6 Å². The summed E-state index contributed by atoms with van der Waals surface area (Å²) in [6.07, 6.45) is -3.31. The summed E-state index contributed by atoms with van der Waals surface area (Å²) in [5.41, 5.74) is -4.62. The molecule has 226 valence electrons. The summed E-state index contributed by atoms with van der Waals surface area (Å²) in [6, 6.07) is 0. The average Bonchev–Trinajstić information content (AvgIpc) is 3.70. The number of rotatable bonds is 5. The van der Waals surface area contributed by atoms with Crippen molar-refractivity contribution in [2.45, 2.75) is 128 Å². The van der Waals surface area contributed by atoms with E-state index in [0.29, 0.717) is 5.57 Å². The van der Waals surface area contributed by atoms with E-state index in [1.165, 1.54) is 20.8 Å². The molecule has 1 spiro atoms. The molecular formula is C29H38O12. The minimum Gasteiger partial charge on any atom is -0.462 e. The first-order valence-electron chi connectivity index (χ1n) is 14.0. The Morgan fingerprint density at radius 3 is 2.10 bits per heavy atom. The minimum absolute atomic E-state index is 0.00223. The Kier molecular flexibility index (Phi) is 6.85. The second-order valence-corrected chi connectivity index (χ2v) is 12.3. The summed E-state index contributed by atoms with van der Waals surface area (Å²) < 4.78 is 42.1. The van der Waals surface area contributed by atoms with Crippen LogP contribution in [-0.4, -0.2) is 83.3 Å². The zero-order chi connectivity index (χ0) is 30.3. The van der Waals surface area contributed by atoms with E-state index in [1.54, 1.807) is 33.8 Å². The van der Waals surface area contributed by atoms with Crippen LogP contribution >= 0.6 is 0 Å². The molecule has 12 nitrogen and oxygen atoms in total. The summed E-state index contributed by atoms with van der Waals surface area (Å²) in [6.45, 7) is 12.4. The van der Waals surface area contributed by atoms with E-state index in [4.69, 9.17) is 33.2 Å². The molecule has 3 aliphatic heterocycles. The summed E-state index contributed by atoms with van der Waals surface area (Å²) in [5.74, 6) is -3.73. The van der Waals surface area contributed by atoms with Crippen LogP contribution in [-0.2, 0) is 57.1 Å². The Hall–Kier alpha value is -2.99. The number of carbonyl (C=O) groups is 5. The molecule has 0 aromatic rings. The quantitative estimate of drug-likeness (QED) is 0.203. The summed E-state index contributed by atoms with van der Waals surface area (Å²) >= 11 is 0. The molecule has 3 heterocycles. The van der Waals surface area contributed by atoms with Crippen LogP contribution in [0, 0.1) is 11.3 Å². The molecule has 2 aliphatic carbocycles. The van der Waals surface area contributed by atoms with Crippen LogP contribution in [0.15, 0.2) is 11.6 Å². The van der Waals surface area contributed by atoms with Crippen molar-refractivity contribution in [3.8, 4) is 0 Å². The van der Waals surface area contributed by atoms with Gasteiger partial charge in [-0.3, -0.25) is 19.2 Å². The number of epoxide rings is 2. The van der Waals surface area contributed by atoms with E-state index in [9.17, 15) is 24.0 Å². The van der Waals surface area contributed by atoms with Crippen molar-refractivity contribution in [1.29, 1.82) is 0 Å². The largest absolute Gasteiger partial charge is 0.462 e. The van der Waals surface area contributed by atoms with Gasteiger partial charge in [0.1, 0.15) is 24.4 Å². The molecule has 41 heavy (non-hydrogen) atoms. The lowest BCUT2D eigenvalue weighted by molar-refractivity contribution is -0.216. The maximum Gasteiger partial charge on any atom is 0.342 e. The van der Waals surface area contributed by atoms with Crippen molar-refractivity contribution in [2.75, 3.05) is 0 Å². The molecule has 12 heteroatoms. The lowest BCUT2D eigenvalue weighted by Gasteiger charge is -2.54. The van der Waals surface area contributed by atoms with Crippen LogP contribution in [0.2, 0.25) is 0 Å². The van der Waals surface area contributed by atoms with E-state index < -0.39 is 88.5 Å². The topological polar surface area (TPSA) is 157 Å². The molecule has 0 aromatic heterocycles. The Balaban J connectivity index is 1.79. The molecule has 0 N–H and O–H groups in total. The van der Waals surface area contributed by atoms with Crippen molar-refractivity contribution < 1.29 is 57.1 Å². The first kappa shape index (κ1) is 29.5. The van der Waals surface area contributed by atoms with E-state index in [1.807, 2.05) is 6.92 Å². The van der Waals surface area contributed by atoms with Gasteiger partial charge in [0, 0.05) is 46.0 Å². The highest BCUT2D eigenvalue weighted by Gasteiger charge is 2.89. The third-order valence-electron chi connectivity index (χ3n) is 9.75. The van der Waals surface area contributed by atoms with Crippen molar-refractivity contribution in [2.24, 2.45) is 11.3 Å². The van der Waals surface area contributed by atoms with Gasteiger partial charge in [-0.05, 0) is 32.4 Å². The number of fused-ring (bicyclic) bond motifs is 3. The Bertz CT molecular complexity index is 1230. The predicted octanol–water partition coefficient (Wildman–Crippen LogP) is 2.09. The predicted molar refractivity (Wildman–Crippen MR) is 137 cm³/mol. The molecule has 0 amide bonds. The highest BCUT2D eigenvalue weighted by molar-refractivity contribution is 5.89. The number of esters is 5. The fourth-order valence-electron chi connectivity index (χ4n) is 7.63. The molecule has 0 aromatic carbocycles. The van der Waals surface area contributed by atoms with E-state index in [2.05, 4.69) is 0 Å². The highest BCUT2D eigenvalue weighted by atomic mass is 16.7. The molecule has 2 unspecified atom stereocenters. The minimum atomic E-state index is -1.47. The van der Waals surface area contributed by atoms with Crippen LogP contribution in [0.1, 0.15) is 74.7 Å². The van der Waals surface area contributed by atoms with Gasteiger partial charge in [-0.25, -0.2) is 4.79 Å². The first-order valence-corrected chi connectivity index (χ1v) is 14.0.